The van der Waals surface area contributed by atoms with Crippen LogP contribution in [0.15, 0.2) is 12.4 Å². The zero-order valence-electron chi connectivity index (χ0n) is 17.2. The maximum Gasteiger partial charge on any atom is 0.222 e. The summed E-state index contributed by atoms with van der Waals surface area (Å²) in [5, 5.41) is 4.88. The molecule has 3 heterocycles. The predicted molar refractivity (Wildman–Crippen MR) is 109 cm³/mol. The van der Waals surface area contributed by atoms with Crippen molar-refractivity contribution in [2.45, 2.75) is 57.4 Å². The van der Waals surface area contributed by atoms with Gasteiger partial charge in [0.15, 0.2) is 5.65 Å². The molecule has 1 saturated heterocycles. The molecule has 2 aromatic heterocycles. The first-order chi connectivity index (χ1) is 13.6. The molecule has 0 radical (unpaired) electrons. The van der Waals surface area contributed by atoms with Crippen molar-refractivity contribution in [2.24, 2.45) is 5.92 Å². The lowest BCUT2D eigenvalue weighted by molar-refractivity contribution is -0.131. The smallest absolute Gasteiger partial charge is 0.222 e. The van der Waals surface area contributed by atoms with E-state index in [0.717, 1.165) is 55.9 Å². The molecule has 1 atom stereocenters. The van der Waals surface area contributed by atoms with E-state index in [9.17, 15) is 4.79 Å². The molecule has 7 nitrogen and oxygen atoms in total. The highest BCUT2D eigenvalue weighted by Gasteiger charge is 2.32. The van der Waals surface area contributed by atoms with Gasteiger partial charge >= 0.3 is 0 Å². The first kappa shape index (κ1) is 19.3. The van der Waals surface area contributed by atoms with Gasteiger partial charge in [0, 0.05) is 44.4 Å². The molecule has 0 aromatic carbocycles. The van der Waals surface area contributed by atoms with E-state index in [2.05, 4.69) is 33.9 Å². The Hall–Kier alpha value is -2.02. The van der Waals surface area contributed by atoms with Crippen LogP contribution in [0.4, 0.5) is 0 Å². The summed E-state index contributed by atoms with van der Waals surface area (Å²) in [6.07, 6.45) is 11.5. The Morgan fingerprint density at radius 1 is 1.14 bits per heavy atom. The number of hydrogen-bond acceptors (Lipinski definition) is 5. The molecule has 1 saturated carbocycles. The van der Waals surface area contributed by atoms with Gasteiger partial charge in [-0.1, -0.05) is 19.3 Å². The summed E-state index contributed by atoms with van der Waals surface area (Å²) in [6.45, 7) is 3.30. The molecule has 2 fully saturated rings. The number of likely N-dealkylation sites (N-methyl/N-ethyl adjacent to an activating group) is 1. The van der Waals surface area contributed by atoms with Gasteiger partial charge in [-0.2, -0.15) is 5.10 Å². The molecule has 2 aliphatic rings. The van der Waals surface area contributed by atoms with E-state index in [1.54, 1.807) is 12.4 Å². The van der Waals surface area contributed by atoms with Crippen molar-refractivity contribution in [3.8, 4) is 0 Å². The third kappa shape index (κ3) is 4.19. The summed E-state index contributed by atoms with van der Waals surface area (Å²) >= 11 is 0. The summed E-state index contributed by atoms with van der Waals surface area (Å²) < 4.78 is 1.98. The number of carbonyl (C=O) groups excluding carboxylic acids is 1. The molecule has 152 valence electrons. The quantitative estimate of drug-likeness (QED) is 0.766. The molecule has 1 aliphatic heterocycles. The molecule has 0 N–H and O–H groups in total. The highest BCUT2D eigenvalue weighted by atomic mass is 16.2. The third-order valence-corrected chi connectivity index (χ3v) is 6.27. The van der Waals surface area contributed by atoms with E-state index in [-0.39, 0.29) is 5.92 Å². The van der Waals surface area contributed by atoms with Crippen molar-refractivity contribution in [1.29, 1.82) is 0 Å². The van der Waals surface area contributed by atoms with Gasteiger partial charge in [-0.25, -0.2) is 14.6 Å². The van der Waals surface area contributed by atoms with Crippen molar-refractivity contribution in [3.05, 3.63) is 18.1 Å². The van der Waals surface area contributed by atoms with Gasteiger partial charge in [0.2, 0.25) is 5.91 Å². The zero-order chi connectivity index (χ0) is 19.5. The van der Waals surface area contributed by atoms with Gasteiger partial charge in [-0.05, 0) is 39.3 Å². The number of nitrogens with zero attached hydrogens (tertiary/aromatic N) is 6. The number of fused-ring (bicyclic) bond motifs is 1. The minimum Gasteiger partial charge on any atom is -0.342 e. The Bertz CT molecular complexity index is 810. The molecule has 4 rings (SSSR count). The molecule has 28 heavy (non-hydrogen) atoms. The van der Waals surface area contributed by atoms with E-state index in [1.807, 2.05) is 4.68 Å². The van der Waals surface area contributed by atoms with Gasteiger partial charge in [-0.3, -0.25) is 4.79 Å². The van der Waals surface area contributed by atoms with Crippen LogP contribution in [-0.2, 0) is 11.3 Å². The number of aromatic nitrogens is 4. The third-order valence-electron chi connectivity index (χ3n) is 6.27. The van der Waals surface area contributed by atoms with E-state index in [1.165, 1.54) is 32.1 Å². The lowest BCUT2D eigenvalue weighted by Crippen LogP contribution is -2.30. The van der Waals surface area contributed by atoms with Crippen LogP contribution >= 0.6 is 0 Å². The number of likely N-dealkylation sites (tertiary alicyclic amines) is 1. The van der Waals surface area contributed by atoms with Crippen molar-refractivity contribution >= 4 is 17.1 Å². The van der Waals surface area contributed by atoms with Crippen LogP contribution in [0.2, 0.25) is 0 Å². The first-order valence-corrected chi connectivity index (χ1v) is 10.7. The highest BCUT2D eigenvalue weighted by molar-refractivity contribution is 5.78. The van der Waals surface area contributed by atoms with Crippen LogP contribution in [-0.4, -0.2) is 69.2 Å². The fourth-order valence-corrected chi connectivity index (χ4v) is 4.63. The van der Waals surface area contributed by atoms with Gasteiger partial charge in [0.1, 0.15) is 5.52 Å². The SMILES string of the molecule is CN(C)CCn1nc([C@@H]2CCN(C(=O)CC3CCCCC3)C2)c2nccnc21. The van der Waals surface area contributed by atoms with Crippen molar-refractivity contribution in [1.82, 2.24) is 29.5 Å². The van der Waals surface area contributed by atoms with Gasteiger partial charge in [-0.15, -0.1) is 0 Å². The van der Waals surface area contributed by atoms with Crippen LogP contribution < -0.4 is 0 Å². The molecular formula is C21H32N6O. The number of rotatable bonds is 6. The molecule has 0 bridgehead atoms. The largest absolute Gasteiger partial charge is 0.342 e. The minimum atomic E-state index is 0.259. The summed E-state index contributed by atoms with van der Waals surface area (Å²) in [7, 11) is 4.12. The van der Waals surface area contributed by atoms with Gasteiger partial charge in [0.05, 0.1) is 12.2 Å². The van der Waals surface area contributed by atoms with Crippen LogP contribution in [0.3, 0.4) is 0 Å². The Kier molecular flexibility index (Phi) is 5.90. The van der Waals surface area contributed by atoms with Gasteiger partial charge < -0.3 is 9.80 Å². The molecule has 0 spiro atoms. The second kappa shape index (κ2) is 8.55. The zero-order valence-corrected chi connectivity index (χ0v) is 17.2. The normalized spacial score (nSPS) is 21.1. The number of hydrogen-bond donors (Lipinski definition) is 0. The van der Waals surface area contributed by atoms with Crippen LogP contribution in [0.25, 0.3) is 11.2 Å². The predicted octanol–water partition coefficient (Wildman–Crippen LogP) is 2.67. The molecule has 7 heteroatoms. The first-order valence-electron chi connectivity index (χ1n) is 10.7. The summed E-state index contributed by atoms with van der Waals surface area (Å²) in [6, 6.07) is 0. The number of amides is 1. The number of carbonyl (C=O) groups is 1. The molecule has 2 aromatic rings. The van der Waals surface area contributed by atoms with Crippen molar-refractivity contribution in [2.75, 3.05) is 33.7 Å². The second-order valence-electron chi connectivity index (χ2n) is 8.67. The maximum atomic E-state index is 12.8. The molecule has 0 unspecified atom stereocenters. The molecular weight excluding hydrogens is 352 g/mol. The van der Waals surface area contributed by atoms with Crippen LogP contribution in [0, 0.1) is 5.92 Å². The van der Waals surface area contributed by atoms with E-state index >= 15 is 0 Å². The molecule has 1 amide bonds. The standard InChI is InChI=1S/C21H32N6O/c1-25(2)12-13-27-21-20(22-9-10-23-21)19(24-27)17-8-11-26(15-17)18(28)14-16-6-4-3-5-7-16/h9-10,16-17H,3-8,11-15H2,1-2H3/t17-/m1/s1. The van der Waals surface area contributed by atoms with E-state index < -0.39 is 0 Å². The fourth-order valence-electron chi connectivity index (χ4n) is 4.63. The Labute approximate surface area is 167 Å². The van der Waals surface area contributed by atoms with E-state index in [4.69, 9.17) is 5.10 Å². The average molecular weight is 385 g/mol. The van der Waals surface area contributed by atoms with Crippen LogP contribution in [0.1, 0.15) is 56.6 Å². The topological polar surface area (TPSA) is 67.2 Å². The van der Waals surface area contributed by atoms with E-state index in [0.29, 0.717) is 11.8 Å². The van der Waals surface area contributed by atoms with Gasteiger partial charge in [0.25, 0.3) is 0 Å². The van der Waals surface area contributed by atoms with Crippen LogP contribution in [0.5, 0.6) is 0 Å². The highest BCUT2D eigenvalue weighted by Crippen LogP contribution is 2.32. The summed E-state index contributed by atoms with van der Waals surface area (Å²) in [5.41, 5.74) is 2.76. The maximum absolute atomic E-state index is 12.8. The summed E-state index contributed by atoms with van der Waals surface area (Å²) in [5.74, 6) is 1.18. The lowest BCUT2D eigenvalue weighted by Gasteiger charge is -2.24. The second-order valence-corrected chi connectivity index (χ2v) is 8.67. The fraction of sp³-hybridized carbons (Fsp3) is 0.714. The molecule has 1 aliphatic carbocycles. The van der Waals surface area contributed by atoms with Crippen molar-refractivity contribution < 1.29 is 4.79 Å². The monoisotopic (exact) mass is 384 g/mol. The summed E-state index contributed by atoms with van der Waals surface area (Å²) in [4.78, 5) is 26.1. The average Bonchev–Trinajstić information content (AvgIpc) is 3.32. The Morgan fingerprint density at radius 3 is 2.71 bits per heavy atom. The lowest BCUT2D eigenvalue weighted by atomic mass is 9.87. The Morgan fingerprint density at radius 2 is 1.93 bits per heavy atom. The van der Waals surface area contributed by atoms with Crippen molar-refractivity contribution in [3.63, 3.8) is 0 Å². The Balaban J connectivity index is 1.46. The minimum absolute atomic E-state index is 0.259.